The topological polar surface area (TPSA) is 84.9 Å². The van der Waals surface area contributed by atoms with Gasteiger partial charge in [0.05, 0.1) is 20.1 Å². The zero-order valence-corrected chi connectivity index (χ0v) is 14.7. The van der Waals surface area contributed by atoms with E-state index in [-0.39, 0.29) is 18.7 Å². The van der Waals surface area contributed by atoms with Gasteiger partial charge in [0.25, 0.3) is 0 Å². The van der Waals surface area contributed by atoms with Crippen molar-refractivity contribution in [1.82, 2.24) is 5.32 Å². The second-order valence-electron chi connectivity index (χ2n) is 5.74. The smallest absolute Gasteiger partial charge is 0.303 e. The molecule has 0 aliphatic carbocycles. The summed E-state index contributed by atoms with van der Waals surface area (Å²) in [7, 11) is 1.58. The molecule has 0 atom stereocenters. The minimum Gasteiger partial charge on any atom is -0.493 e. The molecule has 0 unspecified atom stereocenters. The van der Waals surface area contributed by atoms with E-state index < -0.39 is 5.97 Å². The summed E-state index contributed by atoms with van der Waals surface area (Å²) in [4.78, 5) is 22.1. The third-order valence-corrected chi connectivity index (χ3v) is 3.77. The standard InChI is InChI=1S/C20H23NO5/c1-25-17-8-7-16(14-21-19(22)9-10-20(23)24)13-18(17)26-12-11-15-5-3-2-4-6-15/h2-8,13H,9-12,14H2,1H3,(H,21,22)(H,23,24). The highest BCUT2D eigenvalue weighted by Gasteiger charge is 2.08. The van der Waals surface area contributed by atoms with Crippen LogP contribution in [-0.4, -0.2) is 30.7 Å². The Morgan fingerprint density at radius 1 is 1.00 bits per heavy atom. The molecule has 0 saturated carbocycles. The Kier molecular flexibility index (Phi) is 7.49. The molecule has 0 bridgehead atoms. The molecule has 1 amide bonds. The van der Waals surface area contributed by atoms with Crippen molar-refractivity contribution in [3.8, 4) is 11.5 Å². The lowest BCUT2D eigenvalue weighted by molar-refractivity contribution is -0.138. The quantitative estimate of drug-likeness (QED) is 0.683. The van der Waals surface area contributed by atoms with Gasteiger partial charge in [-0.15, -0.1) is 0 Å². The fourth-order valence-electron chi connectivity index (χ4n) is 2.38. The monoisotopic (exact) mass is 357 g/mol. The van der Waals surface area contributed by atoms with E-state index >= 15 is 0 Å². The van der Waals surface area contributed by atoms with Crippen molar-refractivity contribution in [2.75, 3.05) is 13.7 Å². The number of amides is 1. The Balaban J connectivity index is 1.90. The molecule has 0 fully saturated rings. The molecule has 0 aromatic heterocycles. The van der Waals surface area contributed by atoms with Crippen molar-refractivity contribution in [2.24, 2.45) is 0 Å². The van der Waals surface area contributed by atoms with E-state index in [1.54, 1.807) is 13.2 Å². The SMILES string of the molecule is COc1ccc(CNC(=O)CCC(=O)O)cc1OCCc1ccccc1. The van der Waals surface area contributed by atoms with E-state index in [1.165, 1.54) is 5.56 Å². The van der Waals surface area contributed by atoms with E-state index in [1.807, 2.05) is 42.5 Å². The normalized spacial score (nSPS) is 10.2. The number of hydrogen-bond donors (Lipinski definition) is 2. The van der Waals surface area contributed by atoms with Gasteiger partial charge in [0.1, 0.15) is 0 Å². The van der Waals surface area contributed by atoms with Crippen molar-refractivity contribution in [3.63, 3.8) is 0 Å². The van der Waals surface area contributed by atoms with Crippen molar-refractivity contribution in [2.45, 2.75) is 25.8 Å². The number of nitrogens with one attached hydrogen (secondary N) is 1. The molecule has 2 N–H and O–H groups in total. The zero-order valence-electron chi connectivity index (χ0n) is 14.7. The molecule has 2 aromatic carbocycles. The van der Waals surface area contributed by atoms with Crippen LogP contribution in [0.15, 0.2) is 48.5 Å². The minimum absolute atomic E-state index is 0.0358. The lowest BCUT2D eigenvalue weighted by atomic mass is 10.1. The number of rotatable bonds is 10. The van der Waals surface area contributed by atoms with Gasteiger partial charge < -0.3 is 19.9 Å². The maximum atomic E-state index is 11.6. The molecule has 138 valence electrons. The number of carboxylic acids is 1. The molecule has 0 radical (unpaired) electrons. The fourth-order valence-corrected chi connectivity index (χ4v) is 2.38. The predicted molar refractivity (Wildman–Crippen MR) is 97.4 cm³/mol. The van der Waals surface area contributed by atoms with E-state index in [2.05, 4.69) is 5.32 Å². The largest absolute Gasteiger partial charge is 0.493 e. The van der Waals surface area contributed by atoms with Crippen LogP contribution in [0.4, 0.5) is 0 Å². The number of carboxylic acid groups (broad SMARTS) is 1. The molecule has 0 aliphatic heterocycles. The number of carbonyl (C=O) groups excluding carboxylic acids is 1. The maximum absolute atomic E-state index is 11.6. The predicted octanol–water partition coefficient (Wildman–Crippen LogP) is 2.80. The van der Waals surface area contributed by atoms with E-state index in [9.17, 15) is 9.59 Å². The van der Waals surface area contributed by atoms with Gasteiger partial charge in [-0.05, 0) is 23.3 Å². The van der Waals surface area contributed by atoms with Crippen LogP contribution in [0.25, 0.3) is 0 Å². The van der Waals surface area contributed by atoms with Crippen molar-refractivity contribution in [3.05, 3.63) is 59.7 Å². The van der Waals surface area contributed by atoms with Crippen LogP contribution in [0.5, 0.6) is 11.5 Å². The molecular weight excluding hydrogens is 334 g/mol. The van der Waals surface area contributed by atoms with Gasteiger partial charge >= 0.3 is 5.97 Å². The van der Waals surface area contributed by atoms with Crippen LogP contribution in [0.1, 0.15) is 24.0 Å². The highest BCUT2D eigenvalue weighted by Crippen LogP contribution is 2.28. The molecule has 26 heavy (non-hydrogen) atoms. The van der Waals surface area contributed by atoms with E-state index in [4.69, 9.17) is 14.6 Å². The van der Waals surface area contributed by atoms with Crippen LogP contribution in [0, 0.1) is 0 Å². The lowest BCUT2D eigenvalue weighted by Gasteiger charge is -2.13. The summed E-state index contributed by atoms with van der Waals surface area (Å²) in [5.41, 5.74) is 2.04. The third kappa shape index (κ3) is 6.47. The summed E-state index contributed by atoms with van der Waals surface area (Å²) in [6.07, 6.45) is 0.564. The zero-order chi connectivity index (χ0) is 18.8. The lowest BCUT2D eigenvalue weighted by Crippen LogP contribution is -2.23. The van der Waals surface area contributed by atoms with Gasteiger partial charge in [0.15, 0.2) is 11.5 Å². The molecule has 0 spiro atoms. The van der Waals surface area contributed by atoms with Gasteiger partial charge in [-0.2, -0.15) is 0 Å². The van der Waals surface area contributed by atoms with E-state index in [0.717, 1.165) is 12.0 Å². The summed E-state index contributed by atoms with van der Waals surface area (Å²) in [5.74, 6) is -0.0480. The molecular formula is C20H23NO5. The Morgan fingerprint density at radius 2 is 1.77 bits per heavy atom. The highest BCUT2D eigenvalue weighted by molar-refractivity contribution is 5.80. The number of methoxy groups -OCH3 is 1. The van der Waals surface area contributed by atoms with Crippen LogP contribution in [0.3, 0.4) is 0 Å². The number of carbonyl (C=O) groups is 2. The second-order valence-corrected chi connectivity index (χ2v) is 5.74. The molecule has 2 aromatic rings. The Bertz CT molecular complexity index is 730. The second kappa shape index (κ2) is 10.1. The maximum Gasteiger partial charge on any atom is 0.303 e. The molecule has 2 rings (SSSR count). The molecule has 0 heterocycles. The average Bonchev–Trinajstić information content (AvgIpc) is 2.65. The van der Waals surface area contributed by atoms with Crippen molar-refractivity contribution in [1.29, 1.82) is 0 Å². The van der Waals surface area contributed by atoms with Crippen LogP contribution in [0.2, 0.25) is 0 Å². The first kappa shape index (κ1) is 19.3. The Labute approximate surface area is 152 Å². The average molecular weight is 357 g/mol. The van der Waals surface area contributed by atoms with Crippen LogP contribution >= 0.6 is 0 Å². The van der Waals surface area contributed by atoms with Gasteiger partial charge in [-0.3, -0.25) is 9.59 Å². The first-order chi connectivity index (χ1) is 12.6. The summed E-state index contributed by atoms with van der Waals surface area (Å²) < 4.78 is 11.2. The number of aliphatic carboxylic acids is 1. The summed E-state index contributed by atoms with van der Waals surface area (Å²) in [5, 5.41) is 11.3. The summed E-state index contributed by atoms with van der Waals surface area (Å²) >= 11 is 0. The van der Waals surface area contributed by atoms with Gasteiger partial charge in [-0.25, -0.2) is 0 Å². The van der Waals surface area contributed by atoms with Gasteiger partial charge in [0.2, 0.25) is 5.91 Å². The number of ether oxygens (including phenoxy) is 2. The van der Waals surface area contributed by atoms with Gasteiger partial charge in [-0.1, -0.05) is 36.4 Å². The Hall–Kier alpha value is -3.02. The number of benzene rings is 2. The molecule has 0 aliphatic rings. The molecule has 0 saturated heterocycles. The summed E-state index contributed by atoms with van der Waals surface area (Å²) in [6.45, 7) is 0.812. The fraction of sp³-hybridized carbons (Fsp3) is 0.300. The van der Waals surface area contributed by atoms with E-state index in [0.29, 0.717) is 24.7 Å². The van der Waals surface area contributed by atoms with Crippen LogP contribution < -0.4 is 14.8 Å². The van der Waals surface area contributed by atoms with Gasteiger partial charge in [0, 0.05) is 19.4 Å². The summed E-state index contributed by atoms with van der Waals surface area (Å²) in [6, 6.07) is 15.5. The van der Waals surface area contributed by atoms with Crippen molar-refractivity contribution < 1.29 is 24.2 Å². The highest BCUT2D eigenvalue weighted by atomic mass is 16.5. The Morgan fingerprint density at radius 3 is 2.46 bits per heavy atom. The van der Waals surface area contributed by atoms with Crippen LogP contribution in [-0.2, 0) is 22.6 Å². The first-order valence-corrected chi connectivity index (χ1v) is 8.40. The first-order valence-electron chi connectivity index (χ1n) is 8.40. The molecule has 6 heteroatoms. The minimum atomic E-state index is -0.987. The third-order valence-electron chi connectivity index (χ3n) is 3.77. The number of hydrogen-bond acceptors (Lipinski definition) is 4. The van der Waals surface area contributed by atoms with Crippen molar-refractivity contribution >= 4 is 11.9 Å². The molecule has 6 nitrogen and oxygen atoms in total.